The highest BCUT2D eigenvalue weighted by Gasteiger charge is 2.37. The van der Waals surface area contributed by atoms with Crippen LogP contribution in [0.15, 0.2) is 121 Å². The summed E-state index contributed by atoms with van der Waals surface area (Å²) in [6.07, 6.45) is 5.68. The molecule has 2 heterocycles. The molecule has 0 radical (unpaired) electrons. The van der Waals surface area contributed by atoms with Gasteiger partial charge in [-0.25, -0.2) is 0 Å². The Bertz CT molecular complexity index is 2920. The van der Waals surface area contributed by atoms with Crippen LogP contribution in [0.25, 0.3) is 72.4 Å². The molecule has 0 fully saturated rings. The number of aromatic nitrogens is 2. The summed E-state index contributed by atoms with van der Waals surface area (Å²) in [5, 5.41) is 4.20. The Morgan fingerprint density at radius 2 is 1.33 bits per heavy atom. The van der Waals surface area contributed by atoms with Crippen molar-refractivity contribution in [3.05, 3.63) is 160 Å². The van der Waals surface area contributed by atoms with E-state index in [1.165, 1.54) is 105 Å². The first-order valence-corrected chi connectivity index (χ1v) is 19.9. The minimum absolute atomic E-state index is 0.0579. The van der Waals surface area contributed by atoms with Crippen LogP contribution in [0.4, 0.5) is 0 Å². The largest absolute Gasteiger partial charge is 0.313 e. The molecule has 1 atom stereocenters. The predicted octanol–water partition coefficient (Wildman–Crippen LogP) is 13.3. The summed E-state index contributed by atoms with van der Waals surface area (Å²) in [7, 11) is 0. The molecule has 2 heteroatoms. The van der Waals surface area contributed by atoms with Gasteiger partial charge in [0.15, 0.2) is 0 Å². The molecule has 0 spiro atoms. The van der Waals surface area contributed by atoms with Gasteiger partial charge in [0.25, 0.3) is 0 Å². The van der Waals surface area contributed by atoms with Crippen molar-refractivity contribution in [2.75, 3.05) is 0 Å². The second kappa shape index (κ2) is 11.0. The fourth-order valence-electron chi connectivity index (χ4n) is 10.5. The second-order valence-electron chi connectivity index (χ2n) is 17.8. The highest BCUT2D eigenvalue weighted by Crippen LogP contribution is 2.52. The molecule has 0 saturated heterocycles. The molecule has 3 aliphatic carbocycles. The molecule has 0 amide bonds. The zero-order valence-electron chi connectivity index (χ0n) is 32.2. The van der Waals surface area contributed by atoms with E-state index in [9.17, 15) is 0 Å². The number of fused-ring (bicyclic) bond motifs is 13. The molecular formula is C52H46N2. The van der Waals surface area contributed by atoms with Gasteiger partial charge >= 0.3 is 0 Å². The summed E-state index contributed by atoms with van der Waals surface area (Å²) in [4.78, 5) is 0. The molecule has 2 aromatic heterocycles. The van der Waals surface area contributed by atoms with Crippen molar-refractivity contribution in [1.29, 1.82) is 0 Å². The standard InChI is InChI=1S/C52H46N2/c1-31-26-40-41-28-39-37-18-12-13-19-43(37)52(5,6)44(39)29-48(41)53(34-15-8-7-9-16-34)49(40)30-47(31)54-45-24-21-33(51(2,3)4)27-42(45)50-38-22-20-32-14-10-11-17-35(32)36(38)23-25-46(50)54/h7-19,21,23-25,27-31H,20,22,26H2,1-6H3. The fraction of sp³-hybridized carbons (Fsp3) is 0.231. The van der Waals surface area contributed by atoms with Gasteiger partial charge in [-0.3, -0.25) is 0 Å². The summed E-state index contributed by atoms with van der Waals surface area (Å²) < 4.78 is 5.19. The van der Waals surface area contributed by atoms with E-state index in [1.807, 2.05) is 0 Å². The first kappa shape index (κ1) is 31.9. The van der Waals surface area contributed by atoms with Crippen molar-refractivity contribution >= 4 is 44.5 Å². The zero-order valence-corrected chi connectivity index (χ0v) is 32.2. The van der Waals surface area contributed by atoms with E-state index in [2.05, 4.69) is 178 Å². The van der Waals surface area contributed by atoms with Gasteiger partial charge in [0, 0.05) is 38.9 Å². The average Bonchev–Trinajstić information content (AvgIpc) is 3.75. The van der Waals surface area contributed by atoms with Gasteiger partial charge in [0.05, 0.1) is 22.2 Å². The molecule has 6 aromatic carbocycles. The highest BCUT2D eigenvalue weighted by molar-refractivity contribution is 6.15. The Hall–Kier alpha value is -5.60. The fourth-order valence-corrected chi connectivity index (χ4v) is 10.5. The van der Waals surface area contributed by atoms with E-state index >= 15 is 0 Å². The molecule has 2 nitrogen and oxygen atoms in total. The number of hydrogen-bond acceptors (Lipinski definition) is 0. The molecule has 0 aliphatic heterocycles. The maximum absolute atomic E-state index is 2.64. The van der Waals surface area contributed by atoms with E-state index in [0.29, 0.717) is 5.92 Å². The number of benzene rings is 6. The lowest BCUT2D eigenvalue weighted by Crippen LogP contribution is -2.15. The molecule has 11 rings (SSSR count). The maximum Gasteiger partial charge on any atom is 0.0541 e. The molecule has 264 valence electrons. The van der Waals surface area contributed by atoms with E-state index in [4.69, 9.17) is 0 Å². The minimum atomic E-state index is -0.0603. The summed E-state index contributed by atoms with van der Waals surface area (Å²) >= 11 is 0. The smallest absolute Gasteiger partial charge is 0.0541 e. The van der Waals surface area contributed by atoms with Crippen LogP contribution < -0.4 is 0 Å². The van der Waals surface area contributed by atoms with Crippen molar-refractivity contribution in [3.8, 4) is 27.9 Å². The third-order valence-electron chi connectivity index (χ3n) is 13.2. The van der Waals surface area contributed by atoms with Crippen LogP contribution in [0.2, 0.25) is 0 Å². The van der Waals surface area contributed by atoms with Crippen molar-refractivity contribution in [3.63, 3.8) is 0 Å². The highest BCUT2D eigenvalue weighted by atomic mass is 15.0. The SMILES string of the molecule is CC1Cc2c(n(-c3ccccc3)c3cc4c(cc23)-c2ccccc2C4(C)C)C=C1n1c2ccc(C(C)(C)C)cc2c2c3c(ccc21)-c1ccccc1CC3. The lowest BCUT2D eigenvalue weighted by atomic mass is 9.82. The summed E-state index contributed by atoms with van der Waals surface area (Å²) in [5.41, 5.74) is 22.1. The minimum Gasteiger partial charge on any atom is -0.313 e. The summed E-state index contributed by atoms with van der Waals surface area (Å²) in [6, 6.07) is 46.3. The van der Waals surface area contributed by atoms with E-state index in [0.717, 1.165) is 19.3 Å². The maximum atomic E-state index is 2.64. The average molecular weight is 699 g/mol. The Morgan fingerprint density at radius 1 is 0.593 bits per heavy atom. The van der Waals surface area contributed by atoms with Gasteiger partial charge in [-0.05, 0) is 129 Å². The Kier molecular flexibility index (Phi) is 6.48. The van der Waals surface area contributed by atoms with Crippen molar-refractivity contribution in [2.24, 2.45) is 5.92 Å². The Balaban J connectivity index is 1.21. The monoisotopic (exact) mass is 698 g/mol. The van der Waals surface area contributed by atoms with Gasteiger partial charge in [0.2, 0.25) is 0 Å². The normalized spacial score (nSPS) is 16.9. The molecule has 3 aliphatic rings. The number of allylic oxidation sites excluding steroid dienone is 1. The van der Waals surface area contributed by atoms with Crippen molar-refractivity contribution in [2.45, 2.75) is 71.6 Å². The van der Waals surface area contributed by atoms with Crippen LogP contribution in [-0.2, 0) is 30.1 Å². The van der Waals surface area contributed by atoms with Gasteiger partial charge in [-0.1, -0.05) is 120 Å². The summed E-state index contributed by atoms with van der Waals surface area (Å²) in [6.45, 7) is 14.2. The lowest BCUT2D eigenvalue weighted by molar-refractivity contribution is 0.591. The number of nitrogens with zero attached hydrogens (tertiary/aromatic N) is 2. The first-order valence-electron chi connectivity index (χ1n) is 19.9. The molecule has 0 bridgehead atoms. The van der Waals surface area contributed by atoms with Gasteiger partial charge in [-0.2, -0.15) is 0 Å². The number of hydrogen-bond donors (Lipinski definition) is 0. The van der Waals surface area contributed by atoms with Gasteiger partial charge in [-0.15, -0.1) is 0 Å². The predicted molar refractivity (Wildman–Crippen MR) is 229 cm³/mol. The first-order chi connectivity index (χ1) is 26.1. The molecule has 0 N–H and O–H groups in total. The Morgan fingerprint density at radius 3 is 2.15 bits per heavy atom. The molecule has 0 saturated carbocycles. The van der Waals surface area contributed by atoms with E-state index < -0.39 is 0 Å². The van der Waals surface area contributed by atoms with E-state index in [-0.39, 0.29) is 10.8 Å². The third-order valence-corrected chi connectivity index (χ3v) is 13.2. The third kappa shape index (κ3) is 4.28. The second-order valence-corrected chi connectivity index (χ2v) is 17.8. The van der Waals surface area contributed by atoms with Crippen molar-refractivity contribution in [1.82, 2.24) is 9.13 Å². The number of rotatable bonds is 2. The van der Waals surface area contributed by atoms with Crippen LogP contribution in [0.5, 0.6) is 0 Å². The van der Waals surface area contributed by atoms with Crippen LogP contribution >= 0.6 is 0 Å². The number of para-hydroxylation sites is 1. The Labute approximate surface area is 318 Å². The van der Waals surface area contributed by atoms with Gasteiger partial charge in [0.1, 0.15) is 0 Å². The van der Waals surface area contributed by atoms with Crippen molar-refractivity contribution < 1.29 is 0 Å². The van der Waals surface area contributed by atoms with Crippen LogP contribution in [0.3, 0.4) is 0 Å². The topological polar surface area (TPSA) is 9.86 Å². The van der Waals surface area contributed by atoms with Crippen LogP contribution in [0.1, 0.15) is 80.6 Å². The van der Waals surface area contributed by atoms with Crippen LogP contribution in [0, 0.1) is 5.92 Å². The lowest BCUT2D eigenvalue weighted by Gasteiger charge is -2.26. The molecule has 8 aromatic rings. The quantitative estimate of drug-likeness (QED) is 0.170. The summed E-state index contributed by atoms with van der Waals surface area (Å²) in [5.74, 6) is 0.321. The van der Waals surface area contributed by atoms with E-state index in [1.54, 1.807) is 0 Å². The molecule has 1 unspecified atom stereocenters. The molecule has 54 heavy (non-hydrogen) atoms. The van der Waals surface area contributed by atoms with Crippen LogP contribution in [-0.4, -0.2) is 9.13 Å². The molecular weight excluding hydrogens is 653 g/mol. The zero-order chi connectivity index (χ0) is 36.7. The van der Waals surface area contributed by atoms with Gasteiger partial charge < -0.3 is 9.13 Å². The number of aryl methyl sites for hydroxylation is 2.